The van der Waals surface area contributed by atoms with Gasteiger partial charge in [0.25, 0.3) is 0 Å². The summed E-state index contributed by atoms with van der Waals surface area (Å²) in [6.45, 7) is 3.14. The van der Waals surface area contributed by atoms with Gasteiger partial charge < -0.3 is 4.90 Å². The first-order valence-corrected chi connectivity index (χ1v) is 10.6. The molecule has 2 aromatic rings. The van der Waals surface area contributed by atoms with Crippen LogP contribution in [0.1, 0.15) is 50.3 Å². The molecule has 0 saturated carbocycles. The summed E-state index contributed by atoms with van der Waals surface area (Å²) in [4.78, 5) is 21.2. The molecule has 1 aliphatic carbocycles. The molecule has 132 valence electrons. The minimum Gasteiger partial charge on any atom is -0.339 e. The number of para-hydroxylation sites is 1. The van der Waals surface area contributed by atoms with E-state index < -0.39 is 0 Å². The van der Waals surface area contributed by atoms with Crippen LogP contribution >= 0.6 is 11.8 Å². The van der Waals surface area contributed by atoms with Gasteiger partial charge in [-0.3, -0.25) is 9.78 Å². The zero-order chi connectivity index (χ0) is 17.2. The Morgan fingerprint density at radius 1 is 1.24 bits per heavy atom. The molecule has 2 heterocycles. The Balaban J connectivity index is 1.58. The van der Waals surface area contributed by atoms with Gasteiger partial charge >= 0.3 is 0 Å². The standard InChI is InChI=1S/C21H26N2OS/c1-2-15-8-5-6-13-23(15)20(24)14-25-21-16-9-3-4-11-18(16)22-19-12-7-10-17(19)21/h3-4,9,11,15H,2,5-8,10,12-14H2,1H3/t15-/m0/s1. The van der Waals surface area contributed by atoms with E-state index in [0.717, 1.165) is 37.7 Å². The van der Waals surface area contributed by atoms with E-state index in [9.17, 15) is 4.79 Å². The lowest BCUT2D eigenvalue weighted by atomic mass is 10.0. The molecule has 1 aromatic carbocycles. The second kappa shape index (κ2) is 7.36. The highest BCUT2D eigenvalue weighted by Crippen LogP contribution is 2.37. The third kappa shape index (κ3) is 3.29. The smallest absolute Gasteiger partial charge is 0.233 e. The predicted molar refractivity (Wildman–Crippen MR) is 104 cm³/mol. The van der Waals surface area contributed by atoms with Crippen LogP contribution in [0.25, 0.3) is 10.9 Å². The number of aryl methyl sites for hydroxylation is 1. The Bertz CT molecular complexity index is 789. The normalized spacial score (nSPS) is 20.0. The van der Waals surface area contributed by atoms with Gasteiger partial charge in [0.1, 0.15) is 0 Å². The molecule has 1 aliphatic heterocycles. The summed E-state index contributed by atoms with van der Waals surface area (Å²) in [6, 6.07) is 8.83. The van der Waals surface area contributed by atoms with Crippen molar-refractivity contribution in [3.05, 3.63) is 35.5 Å². The van der Waals surface area contributed by atoms with E-state index in [2.05, 4.69) is 36.1 Å². The lowest BCUT2D eigenvalue weighted by Gasteiger charge is -2.35. The van der Waals surface area contributed by atoms with E-state index in [1.54, 1.807) is 11.8 Å². The number of amides is 1. The SMILES string of the molecule is CC[C@H]1CCCCN1C(=O)CSc1c2c(nc3ccccc13)CCC2. The molecule has 1 saturated heterocycles. The Morgan fingerprint density at radius 2 is 2.12 bits per heavy atom. The molecular weight excluding hydrogens is 328 g/mol. The number of thioether (sulfide) groups is 1. The van der Waals surface area contributed by atoms with Gasteiger partial charge in [-0.1, -0.05) is 25.1 Å². The maximum absolute atomic E-state index is 12.9. The van der Waals surface area contributed by atoms with E-state index in [0.29, 0.717) is 17.7 Å². The highest BCUT2D eigenvalue weighted by Gasteiger charge is 2.26. The number of piperidine rings is 1. The average molecular weight is 355 g/mol. The summed E-state index contributed by atoms with van der Waals surface area (Å²) in [5.41, 5.74) is 3.71. The third-order valence-electron chi connectivity index (χ3n) is 5.63. The maximum atomic E-state index is 12.9. The van der Waals surface area contributed by atoms with E-state index in [4.69, 9.17) is 4.98 Å². The van der Waals surface area contributed by atoms with Crippen molar-refractivity contribution in [1.82, 2.24) is 9.88 Å². The quantitative estimate of drug-likeness (QED) is 0.752. The topological polar surface area (TPSA) is 33.2 Å². The molecule has 0 radical (unpaired) electrons. The Labute approximate surface area is 154 Å². The van der Waals surface area contributed by atoms with E-state index >= 15 is 0 Å². The highest BCUT2D eigenvalue weighted by molar-refractivity contribution is 8.00. The van der Waals surface area contributed by atoms with Crippen LogP contribution in [0.3, 0.4) is 0 Å². The Hall–Kier alpha value is -1.55. The molecule has 3 nitrogen and oxygen atoms in total. The predicted octanol–water partition coefficient (Wildman–Crippen LogP) is 4.61. The van der Waals surface area contributed by atoms with Crippen LogP contribution < -0.4 is 0 Å². The largest absolute Gasteiger partial charge is 0.339 e. The number of hydrogen-bond donors (Lipinski definition) is 0. The number of pyridine rings is 1. The molecule has 25 heavy (non-hydrogen) atoms. The monoisotopic (exact) mass is 354 g/mol. The van der Waals surface area contributed by atoms with Gasteiger partial charge in [0.2, 0.25) is 5.91 Å². The molecule has 4 rings (SSSR count). The fourth-order valence-electron chi connectivity index (χ4n) is 4.30. The van der Waals surface area contributed by atoms with Gasteiger partial charge in [-0.2, -0.15) is 0 Å². The van der Waals surface area contributed by atoms with Crippen LogP contribution in [-0.2, 0) is 17.6 Å². The van der Waals surface area contributed by atoms with Crippen LogP contribution in [0.5, 0.6) is 0 Å². The lowest BCUT2D eigenvalue weighted by Crippen LogP contribution is -2.44. The molecule has 2 aliphatic rings. The Morgan fingerprint density at radius 3 is 3.00 bits per heavy atom. The van der Waals surface area contributed by atoms with Crippen molar-refractivity contribution in [1.29, 1.82) is 0 Å². The first kappa shape index (κ1) is 16.9. The summed E-state index contributed by atoms with van der Waals surface area (Å²) >= 11 is 1.74. The van der Waals surface area contributed by atoms with Crippen molar-refractivity contribution in [2.24, 2.45) is 0 Å². The second-order valence-electron chi connectivity index (χ2n) is 7.17. The van der Waals surface area contributed by atoms with Crippen LogP contribution in [0.15, 0.2) is 29.2 Å². The number of carbonyl (C=O) groups excluding carboxylic acids is 1. The fourth-order valence-corrected chi connectivity index (χ4v) is 5.46. The van der Waals surface area contributed by atoms with Crippen LogP contribution in [0.4, 0.5) is 0 Å². The van der Waals surface area contributed by atoms with Crippen LogP contribution in [0, 0.1) is 0 Å². The molecule has 1 amide bonds. The molecule has 4 heteroatoms. The molecule has 1 aromatic heterocycles. The minimum atomic E-state index is 0.309. The maximum Gasteiger partial charge on any atom is 0.233 e. The van der Waals surface area contributed by atoms with Gasteiger partial charge in [-0.15, -0.1) is 11.8 Å². The number of fused-ring (bicyclic) bond motifs is 2. The molecule has 1 fully saturated rings. The van der Waals surface area contributed by atoms with Crippen molar-refractivity contribution in [2.75, 3.05) is 12.3 Å². The number of nitrogens with zero attached hydrogens (tertiary/aromatic N) is 2. The van der Waals surface area contributed by atoms with Gasteiger partial charge in [0.15, 0.2) is 0 Å². The summed E-state index contributed by atoms with van der Waals surface area (Å²) < 4.78 is 0. The van der Waals surface area contributed by atoms with Crippen molar-refractivity contribution >= 4 is 28.6 Å². The van der Waals surface area contributed by atoms with Crippen molar-refractivity contribution in [3.8, 4) is 0 Å². The second-order valence-corrected chi connectivity index (χ2v) is 8.16. The number of benzene rings is 1. The van der Waals surface area contributed by atoms with Gasteiger partial charge in [-0.25, -0.2) is 0 Å². The molecular formula is C21H26N2OS. The summed E-state index contributed by atoms with van der Waals surface area (Å²) in [6.07, 6.45) is 8.02. The highest BCUT2D eigenvalue weighted by atomic mass is 32.2. The molecule has 0 N–H and O–H groups in total. The number of rotatable bonds is 4. The third-order valence-corrected chi connectivity index (χ3v) is 6.77. The molecule has 0 unspecified atom stereocenters. The zero-order valence-corrected chi connectivity index (χ0v) is 15.8. The van der Waals surface area contributed by atoms with Gasteiger partial charge in [0, 0.05) is 28.6 Å². The summed E-state index contributed by atoms with van der Waals surface area (Å²) in [5.74, 6) is 0.862. The lowest BCUT2D eigenvalue weighted by molar-refractivity contribution is -0.132. The molecule has 1 atom stereocenters. The zero-order valence-electron chi connectivity index (χ0n) is 15.0. The molecule has 0 spiro atoms. The van der Waals surface area contributed by atoms with Crippen LogP contribution in [0.2, 0.25) is 0 Å². The van der Waals surface area contributed by atoms with Crippen molar-refractivity contribution < 1.29 is 4.79 Å². The first-order chi connectivity index (χ1) is 12.3. The van der Waals surface area contributed by atoms with Crippen molar-refractivity contribution in [3.63, 3.8) is 0 Å². The van der Waals surface area contributed by atoms with E-state index in [1.165, 1.54) is 40.8 Å². The summed E-state index contributed by atoms with van der Waals surface area (Å²) in [7, 11) is 0. The van der Waals surface area contributed by atoms with Crippen molar-refractivity contribution in [2.45, 2.75) is 62.8 Å². The first-order valence-electron chi connectivity index (χ1n) is 9.60. The summed E-state index contributed by atoms with van der Waals surface area (Å²) in [5, 5.41) is 1.21. The minimum absolute atomic E-state index is 0.309. The fraction of sp³-hybridized carbons (Fsp3) is 0.524. The van der Waals surface area contributed by atoms with Crippen LogP contribution in [-0.4, -0.2) is 34.1 Å². The average Bonchev–Trinajstić information content (AvgIpc) is 3.13. The number of aromatic nitrogens is 1. The number of hydrogen-bond acceptors (Lipinski definition) is 3. The van der Waals surface area contributed by atoms with Gasteiger partial charge in [0.05, 0.1) is 11.3 Å². The Kier molecular flexibility index (Phi) is 4.98. The number of likely N-dealkylation sites (tertiary alicyclic amines) is 1. The molecule has 0 bridgehead atoms. The van der Waals surface area contributed by atoms with E-state index in [1.807, 2.05) is 0 Å². The van der Waals surface area contributed by atoms with E-state index in [-0.39, 0.29) is 0 Å². The number of carbonyl (C=O) groups is 1. The van der Waals surface area contributed by atoms with Gasteiger partial charge in [-0.05, 0) is 56.6 Å².